The summed E-state index contributed by atoms with van der Waals surface area (Å²) in [5, 5.41) is 7.55. The van der Waals surface area contributed by atoms with E-state index in [1.54, 1.807) is 37.4 Å². The fourth-order valence-corrected chi connectivity index (χ4v) is 4.53. The van der Waals surface area contributed by atoms with E-state index < -0.39 is 10.0 Å². The van der Waals surface area contributed by atoms with E-state index in [0.717, 1.165) is 5.56 Å². The maximum atomic E-state index is 13.1. The van der Waals surface area contributed by atoms with E-state index in [1.165, 1.54) is 16.4 Å². The summed E-state index contributed by atoms with van der Waals surface area (Å²) in [6.07, 6.45) is 2.98. The highest BCUT2D eigenvalue weighted by molar-refractivity contribution is 7.92. The molecule has 0 saturated carbocycles. The number of aromatic nitrogens is 3. The topological polar surface area (TPSA) is 88.9 Å². The first kappa shape index (κ1) is 20.6. The molecule has 0 aliphatic carbocycles. The minimum absolute atomic E-state index is 0.104. The number of hydrogen-bond acceptors (Lipinski definition) is 5. The third kappa shape index (κ3) is 4.44. The minimum Gasteiger partial charge on any atom is -0.379 e. The molecule has 2 aromatic heterocycles. The second-order valence-electron chi connectivity index (χ2n) is 7.13. The summed E-state index contributed by atoms with van der Waals surface area (Å²) < 4.78 is 30.5. The molecule has 2 N–H and O–H groups in total. The van der Waals surface area contributed by atoms with Crippen molar-refractivity contribution in [3.63, 3.8) is 0 Å². The van der Waals surface area contributed by atoms with Gasteiger partial charge in [0.15, 0.2) is 5.82 Å². The number of nitrogens with one attached hydrogen (secondary N) is 2. The van der Waals surface area contributed by atoms with Gasteiger partial charge in [0, 0.05) is 12.7 Å². The number of anilines is 2. The minimum atomic E-state index is -3.85. The van der Waals surface area contributed by atoms with E-state index >= 15 is 0 Å². The van der Waals surface area contributed by atoms with Crippen LogP contribution in [0.3, 0.4) is 0 Å². The standard InChI is InChI=1S/C23H23N5O2S/c1-17-9-3-4-10-19(17)15-25-20-11-5-6-12-21(20)27-31(29,30)22-16-26-28(18(22)2)23-13-7-8-14-24-23/h3-14,16,25,27H,15H2,1-2H3. The summed E-state index contributed by atoms with van der Waals surface area (Å²) in [4.78, 5) is 4.34. The van der Waals surface area contributed by atoms with Crippen LogP contribution in [0, 0.1) is 13.8 Å². The molecule has 0 aliphatic rings. The van der Waals surface area contributed by atoms with Crippen LogP contribution < -0.4 is 10.0 Å². The third-order valence-electron chi connectivity index (χ3n) is 5.02. The van der Waals surface area contributed by atoms with Crippen LogP contribution in [0.15, 0.2) is 84.0 Å². The second kappa shape index (κ2) is 8.61. The van der Waals surface area contributed by atoms with Gasteiger partial charge in [-0.05, 0) is 49.2 Å². The molecule has 0 amide bonds. The first-order valence-corrected chi connectivity index (χ1v) is 11.3. The lowest BCUT2D eigenvalue weighted by Crippen LogP contribution is -2.15. The molecular formula is C23H23N5O2S. The van der Waals surface area contributed by atoms with E-state index in [-0.39, 0.29) is 4.90 Å². The Morgan fingerprint density at radius 2 is 1.61 bits per heavy atom. The maximum Gasteiger partial charge on any atom is 0.265 e. The predicted octanol–water partition coefficient (Wildman–Crippen LogP) is 4.30. The van der Waals surface area contributed by atoms with E-state index in [1.807, 2.05) is 49.4 Å². The van der Waals surface area contributed by atoms with Gasteiger partial charge in [0.05, 0.1) is 23.3 Å². The normalized spacial score (nSPS) is 11.3. The summed E-state index contributed by atoms with van der Waals surface area (Å²) >= 11 is 0. The Balaban J connectivity index is 1.58. The number of pyridine rings is 1. The van der Waals surface area contributed by atoms with Gasteiger partial charge < -0.3 is 5.32 Å². The smallest absolute Gasteiger partial charge is 0.265 e. The number of aryl methyl sites for hydroxylation is 1. The second-order valence-corrected chi connectivity index (χ2v) is 8.78. The summed E-state index contributed by atoms with van der Waals surface area (Å²) in [6, 6.07) is 20.7. The van der Waals surface area contributed by atoms with E-state index in [0.29, 0.717) is 29.4 Å². The van der Waals surface area contributed by atoms with Crippen LogP contribution in [0.1, 0.15) is 16.8 Å². The molecule has 2 heterocycles. The van der Waals surface area contributed by atoms with Crippen LogP contribution in [-0.2, 0) is 16.6 Å². The number of benzene rings is 2. The van der Waals surface area contributed by atoms with Crippen molar-refractivity contribution in [2.75, 3.05) is 10.0 Å². The average Bonchev–Trinajstić information content (AvgIpc) is 3.17. The molecule has 0 bridgehead atoms. The van der Waals surface area contributed by atoms with E-state index in [4.69, 9.17) is 0 Å². The predicted molar refractivity (Wildman–Crippen MR) is 122 cm³/mol. The Bertz CT molecular complexity index is 1300. The van der Waals surface area contributed by atoms with Gasteiger partial charge in [-0.25, -0.2) is 18.1 Å². The summed E-state index contributed by atoms with van der Waals surface area (Å²) in [6.45, 7) is 4.34. The first-order valence-electron chi connectivity index (χ1n) is 9.82. The van der Waals surface area contributed by atoms with E-state index in [9.17, 15) is 8.42 Å². The van der Waals surface area contributed by atoms with Crippen molar-refractivity contribution in [2.45, 2.75) is 25.3 Å². The zero-order valence-corrected chi connectivity index (χ0v) is 18.1. The molecule has 4 aromatic rings. The lowest BCUT2D eigenvalue weighted by Gasteiger charge is -2.15. The van der Waals surface area contributed by atoms with Crippen molar-refractivity contribution in [3.8, 4) is 5.82 Å². The van der Waals surface area contributed by atoms with Crippen molar-refractivity contribution in [2.24, 2.45) is 0 Å². The van der Waals surface area contributed by atoms with E-state index in [2.05, 4.69) is 20.1 Å². The fourth-order valence-electron chi connectivity index (χ4n) is 3.29. The van der Waals surface area contributed by atoms with Crippen molar-refractivity contribution < 1.29 is 8.42 Å². The van der Waals surface area contributed by atoms with Crippen molar-refractivity contribution in [1.82, 2.24) is 14.8 Å². The molecule has 0 saturated heterocycles. The maximum absolute atomic E-state index is 13.1. The number of hydrogen-bond donors (Lipinski definition) is 2. The fraction of sp³-hybridized carbons (Fsp3) is 0.130. The third-order valence-corrected chi connectivity index (χ3v) is 6.49. The molecule has 0 fully saturated rings. The van der Waals surface area contributed by atoms with Crippen molar-refractivity contribution >= 4 is 21.4 Å². The molecule has 0 aliphatic heterocycles. The lowest BCUT2D eigenvalue weighted by atomic mass is 10.1. The highest BCUT2D eigenvalue weighted by Crippen LogP contribution is 2.27. The Labute approximate surface area is 181 Å². The summed E-state index contributed by atoms with van der Waals surface area (Å²) in [5.74, 6) is 0.557. The quantitative estimate of drug-likeness (QED) is 0.454. The molecule has 0 spiro atoms. The molecule has 8 heteroatoms. The van der Waals surface area contributed by atoms with Crippen LogP contribution in [0.5, 0.6) is 0 Å². The number of para-hydroxylation sites is 2. The largest absolute Gasteiger partial charge is 0.379 e. The molecule has 0 radical (unpaired) electrons. The van der Waals surface area contributed by atoms with Gasteiger partial charge in [0.1, 0.15) is 4.90 Å². The summed E-state index contributed by atoms with van der Waals surface area (Å²) in [5.41, 5.74) is 3.97. The van der Waals surface area contributed by atoms with Gasteiger partial charge in [-0.3, -0.25) is 4.72 Å². The first-order chi connectivity index (χ1) is 15.0. The number of sulfonamides is 1. The number of nitrogens with zero attached hydrogens (tertiary/aromatic N) is 3. The van der Waals surface area contributed by atoms with Crippen LogP contribution in [0.4, 0.5) is 11.4 Å². The SMILES string of the molecule is Cc1ccccc1CNc1ccccc1NS(=O)(=O)c1cnn(-c2ccccn2)c1C. The Kier molecular flexibility index (Phi) is 5.73. The van der Waals surface area contributed by atoms with Crippen LogP contribution in [0.2, 0.25) is 0 Å². The van der Waals surface area contributed by atoms with Crippen LogP contribution >= 0.6 is 0 Å². The Morgan fingerprint density at radius 3 is 2.35 bits per heavy atom. The Hall–Kier alpha value is -3.65. The molecule has 4 rings (SSSR count). The van der Waals surface area contributed by atoms with Crippen LogP contribution in [0.25, 0.3) is 5.82 Å². The molecule has 2 aromatic carbocycles. The molecule has 158 valence electrons. The molecule has 0 atom stereocenters. The van der Waals surface area contributed by atoms with Gasteiger partial charge in [0.2, 0.25) is 0 Å². The highest BCUT2D eigenvalue weighted by Gasteiger charge is 2.23. The molecular weight excluding hydrogens is 410 g/mol. The van der Waals surface area contributed by atoms with Gasteiger partial charge >= 0.3 is 0 Å². The van der Waals surface area contributed by atoms with Gasteiger partial charge in [-0.15, -0.1) is 0 Å². The van der Waals surface area contributed by atoms with Gasteiger partial charge in [0.25, 0.3) is 10.0 Å². The van der Waals surface area contributed by atoms with Gasteiger partial charge in [-0.2, -0.15) is 5.10 Å². The Morgan fingerprint density at radius 1 is 0.903 bits per heavy atom. The van der Waals surface area contributed by atoms with Gasteiger partial charge in [-0.1, -0.05) is 42.5 Å². The average molecular weight is 434 g/mol. The zero-order valence-electron chi connectivity index (χ0n) is 17.3. The lowest BCUT2D eigenvalue weighted by molar-refractivity contribution is 0.600. The zero-order chi connectivity index (χ0) is 21.8. The molecule has 0 unspecified atom stereocenters. The number of rotatable bonds is 7. The molecule has 7 nitrogen and oxygen atoms in total. The highest BCUT2D eigenvalue weighted by atomic mass is 32.2. The van der Waals surface area contributed by atoms with Crippen LogP contribution in [-0.4, -0.2) is 23.2 Å². The molecule has 31 heavy (non-hydrogen) atoms. The monoisotopic (exact) mass is 433 g/mol. The summed E-state index contributed by atoms with van der Waals surface area (Å²) in [7, 11) is -3.85. The van der Waals surface area contributed by atoms with Crippen molar-refractivity contribution in [1.29, 1.82) is 0 Å². The van der Waals surface area contributed by atoms with Crippen molar-refractivity contribution in [3.05, 3.63) is 95.9 Å².